The number of fused-ring (bicyclic) bond motifs is 6. The highest BCUT2D eigenvalue weighted by Crippen LogP contribution is 2.60. The minimum Gasteiger partial charge on any atom is -0.456 e. The molecule has 1 atom stereocenters. The molecule has 0 saturated carbocycles. The Morgan fingerprint density at radius 3 is 1.96 bits per heavy atom. The van der Waals surface area contributed by atoms with Gasteiger partial charge in [-0.1, -0.05) is 103 Å². The van der Waals surface area contributed by atoms with Gasteiger partial charge in [0.1, 0.15) is 11.5 Å². The second-order valence-corrected chi connectivity index (χ2v) is 12.9. The minimum atomic E-state index is -1.21. The van der Waals surface area contributed by atoms with Crippen LogP contribution in [0.25, 0.3) is 0 Å². The highest BCUT2D eigenvalue weighted by molar-refractivity contribution is 5.98. The Hall–Kier alpha value is -5.81. The first kappa shape index (κ1) is 30.5. The molecule has 5 nitrogen and oxygen atoms in total. The van der Waals surface area contributed by atoms with Gasteiger partial charge in [0.2, 0.25) is 0 Å². The Bertz CT molecular complexity index is 2120. The van der Waals surface area contributed by atoms with Crippen molar-refractivity contribution in [2.45, 2.75) is 39.5 Å². The molecule has 0 aromatic heterocycles. The Kier molecular flexibility index (Phi) is 7.68. The average Bonchev–Trinajstić information content (AvgIpc) is 3.42. The summed E-state index contributed by atoms with van der Waals surface area (Å²) in [6.07, 6.45) is 0. The van der Waals surface area contributed by atoms with Crippen LogP contribution >= 0.6 is 0 Å². The molecule has 1 unspecified atom stereocenters. The van der Waals surface area contributed by atoms with Crippen molar-refractivity contribution in [1.29, 1.82) is 0 Å². The zero-order valence-electron chi connectivity index (χ0n) is 28.0. The average molecular weight is 643 g/mol. The van der Waals surface area contributed by atoms with Crippen molar-refractivity contribution in [2.24, 2.45) is 0 Å². The van der Waals surface area contributed by atoms with Crippen molar-refractivity contribution in [2.75, 3.05) is 16.3 Å². The monoisotopic (exact) mass is 642 g/mol. The molecule has 49 heavy (non-hydrogen) atoms. The number of hydrogen-bond acceptors (Lipinski definition) is 5. The first-order chi connectivity index (χ1) is 24.0. The lowest BCUT2D eigenvalue weighted by molar-refractivity contribution is 0.0225. The highest BCUT2D eigenvalue weighted by Gasteiger charge is 2.55. The van der Waals surface area contributed by atoms with E-state index in [-0.39, 0.29) is 5.97 Å². The zero-order chi connectivity index (χ0) is 33.5. The van der Waals surface area contributed by atoms with E-state index in [2.05, 4.69) is 134 Å². The van der Waals surface area contributed by atoms with Crippen LogP contribution in [0.4, 0.5) is 17.1 Å². The van der Waals surface area contributed by atoms with Gasteiger partial charge in [0, 0.05) is 53.9 Å². The molecule has 0 amide bonds. The molecule has 8 rings (SSSR count). The lowest BCUT2D eigenvalue weighted by Crippen LogP contribution is -2.36. The van der Waals surface area contributed by atoms with Crippen LogP contribution in [0, 0.1) is 13.8 Å². The molecule has 6 aromatic rings. The lowest BCUT2D eigenvalue weighted by atomic mass is 9.76. The maximum Gasteiger partial charge on any atom is 0.340 e. The van der Waals surface area contributed by atoms with Gasteiger partial charge in [0.05, 0.1) is 11.1 Å². The molecule has 5 heteroatoms. The summed E-state index contributed by atoms with van der Waals surface area (Å²) in [6, 6.07) is 47.9. The number of nitrogens with zero attached hydrogens (tertiary/aromatic N) is 2. The summed E-state index contributed by atoms with van der Waals surface area (Å²) in [7, 11) is 0. The summed E-state index contributed by atoms with van der Waals surface area (Å²) in [6.45, 7) is 8.41. The number of carbonyl (C=O) groups is 1. The van der Waals surface area contributed by atoms with E-state index in [1.54, 1.807) is 0 Å². The molecule has 2 heterocycles. The fraction of sp³-hybridized carbons (Fsp3) is 0.159. The van der Waals surface area contributed by atoms with E-state index in [0.717, 1.165) is 51.6 Å². The van der Waals surface area contributed by atoms with Crippen molar-refractivity contribution in [1.82, 2.24) is 0 Å². The van der Waals surface area contributed by atoms with Crippen molar-refractivity contribution >= 4 is 23.0 Å². The predicted octanol–water partition coefficient (Wildman–Crippen LogP) is 10.2. The molecule has 1 spiro atoms. The van der Waals surface area contributed by atoms with Crippen LogP contribution in [0.3, 0.4) is 0 Å². The largest absolute Gasteiger partial charge is 0.456 e. The molecule has 0 radical (unpaired) electrons. The van der Waals surface area contributed by atoms with Gasteiger partial charge in [-0.2, -0.15) is 0 Å². The summed E-state index contributed by atoms with van der Waals surface area (Å²) < 4.78 is 13.7. The summed E-state index contributed by atoms with van der Waals surface area (Å²) >= 11 is 0. The van der Waals surface area contributed by atoms with Gasteiger partial charge < -0.3 is 19.3 Å². The SMILES string of the molecule is CCN(c1ccc(C)cc1)c1ccc2c(c1)Oc1c(C)ccc(N(Cc3ccccc3)Cc3ccccc3)c1C21OC(=O)c2ccccc21. The van der Waals surface area contributed by atoms with Crippen LogP contribution in [-0.4, -0.2) is 12.5 Å². The molecule has 2 aliphatic heterocycles. The summed E-state index contributed by atoms with van der Waals surface area (Å²) in [4.78, 5) is 18.5. The van der Waals surface area contributed by atoms with Gasteiger partial charge in [0.15, 0.2) is 5.60 Å². The van der Waals surface area contributed by atoms with E-state index in [1.165, 1.54) is 16.7 Å². The van der Waals surface area contributed by atoms with Crippen LogP contribution in [0.2, 0.25) is 0 Å². The number of carbonyl (C=O) groups excluding carboxylic acids is 1. The smallest absolute Gasteiger partial charge is 0.340 e. The van der Waals surface area contributed by atoms with Crippen LogP contribution in [0.1, 0.15) is 56.2 Å². The van der Waals surface area contributed by atoms with E-state index < -0.39 is 5.60 Å². The molecule has 0 aliphatic carbocycles. The van der Waals surface area contributed by atoms with Crippen molar-refractivity contribution in [3.63, 3.8) is 0 Å². The molecular weight excluding hydrogens is 604 g/mol. The van der Waals surface area contributed by atoms with Crippen molar-refractivity contribution < 1.29 is 14.3 Å². The van der Waals surface area contributed by atoms with E-state index in [1.807, 2.05) is 36.4 Å². The topological polar surface area (TPSA) is 42.0 Å². The molecule has 242 valence electrons. The van der Waals surface area contributed by atoms with E-state index in [4.69, 9.17) is 9.47 Å². The summed E-state index contributed by atoms with van der Waals surface area (Å²) in [5.74, 6) is 1.06. The number of benzene rings is 6. The molecule has 0 bridgehead atoms. The maximum atomic E-state index is 13.9. The Labute approximate surface area is 288 Å². The van der Waals surface area contributed by atoms with Gasteiger partial charge in [-0.05, 0) is 73.9 Å². The molecule has 6 aromatic carbocycles. The third kappa shape index (κ3) is 5.23. The first-order valence-electron chi connectivity index (χ1n) is 16.9. The van der Waals surface area contributed by atoms with Crippen LogP contribution in [0.15, 0.2) is 140 Å². The van der Waals surface area contributed by atoms with Crippen LogP contribution in [0.5, 0.6) is 11.5 Å². The van der Waals surface area contributed by atoms with E-state index in [0.29, 0.717) is 24.4 Å². The maximum absolute atomic E-state index is 13.9. The number of hydrogen-bond donors (Lipinski definition) is 0. The molecule has 0 saturated heterocycles. The molecule has 0 fully saturated rings. The summed E-state index contributed by atoms with van der Waals surface area (Å²) in [5.41, 5.74) is 9.49. The van der Waals surface area contributed by atoms with E-state index >= 15 is 0 Å². The fourth-order valence-corrected chi connectivity index (χ4v) is 7.39. The zero-order valence-corrected chi connectivity index (χ0v) is 28.0. The number of esters is 1. The quantitative estimate of drug-likeness (QED) is 0.155. The van der Waals surface area contributed by atoms with Gasteiger partial charge in [-0.25, -0.2) is 4.79 Å². The Balaban J connectivity index is 1.35. The number of ether oxygens (including phenoxy) is 2. The second kappa shape index (κ2) is 12.3. The van der Waals surface area contributed by atoms with Gasteiger partial charge in [-0.15, -0.1) is 0 Å². The number of rotatable bonds is 8. The normalized spacial score (nSPS) is 15.5. The standard InChI is InChI=1S/C44H38N2O3/c1-4-46(34-22-19-30(2)20-23-34)35-24-25-38-40(27-35)48-42-31(3)21-26-39(41(42)44(38)37-18-12-11-17-36(37)43(47)49-44)45(28-32-13-7-5-8-14-32)29-33-15-9-6-10-16-33/h5-27H,4,28-29H2,1-3H3. The molecular formula is C44H38N2O3. The van der Waals surface area contributed by atoms with Gasteiger partial charge in [0.25, 0.3) is 0 Å². The number of aryl methyl sites for hydroxylation is 2. The fourth-order valence-electron chi connectivity index (χ4n) is 7.39. The molecule has 0 N–H and O–H groups in total. The highest BCUT2D eigenvalue weighted by atomic mass is 16.6. The Morgan fingerprint density at radius 2 is 1.29 bits per heavy atom. The lowest BCUT2D eigenvalue weighted by Gasteiger charge is -2.41. The Morgan fingerprint density at radius 1 is 0.653 bits per heavy atom. The second-order valence-electron chi connectivity index (χ2n) is 12.9. The minimum absolute atomic E-state index is 0.335. The van der Waals surface area contributed by atoms with E-state index in [9.17, 15) is 4.79 Å². The first-order valence-corrected chi connectivity index (χ1v) is 16.9. The van der Waals surface area contributed by atoms with Crippen molar-refractivity contribution in [3.05, 3.63) is 184 Å². The van der Waals surface area contributed by atoms with Gasteiger partial charge in [-0.3, -0.25) is 0 Å². The third-order valence-electron chi connectivity index (χ3n) is 9.76. The van der Waals surface area contributed by atoms with Crippen LogP contribution in [-0.2, 0) is 23.4 Å². The predicted molar refractivity (Wildman–Crippen MR) is 196 cm³/mol. The molecule has 2 aliphatic rings. The van der Waals surface area contributed by atoms with Crippen molar-refractivity contribution in [3.8, 4) is 11.5 Å². The van der Waals surface area contributed by atoms with Crippen LogP contribution < -0.4 is 14.5 Å². The van der Waals surface area contributed by atoms with Gasteiger partial charge >= 0.3 is 5.97 Å². The summed E-state index contributed by atoms with van der Waals surface area (Å²) in [5, 5.41) is 0. The third-order valence-corrected chi connectivity index (χ3v) is 9.76. The number of anilines is 3.